The van der Waals surface area contributed by atoms with E-state index in [-0.39, 0.29) is 21.8 Å². The Balaban J connectivity index is 2.06. The summed E-state index contributed by atoms with van der Waals surface area (Å²) < 4.78 is 0. The maximum atomic E-state index is 12.0. The number of hydrogen-bond donors (Lipinski definition) is 2. The molecule has 5 heteroatoms. The van der Waals surface area contributed by atoms with Gasteiger partial charge in [-0.1, -0.05) is 29.0 Å². The van der Waals surface area contributed by atoms with Gasteiger partial charge in [0.25, 0.3) is 0 Å². The normalized spacial score (nSPS) is 21.4. The van der Waals surface area contributed by atoms with E-state index >= 15 is 0 Å². The van der Waals surface area contributed by atoms with Crippen LogP contribution in [0.3, 0.4) is 0 Å². The number of rotatable bonds is 3. The lowest BCUT2D eigenvalue weighted by atomic mass is 9.79. The van der Waals surface area contributed by atoms with Crippen LogP contribution in [0.5, 0.6) is 5.75 Å². The summed E-state index contributed by atoms with van der Waals surface area (Å²) in [4.78, 5) is 0. The summed E-state index contributed by atoms with van der Waals surface area (Å²) in [6.07, 6.45) is 2.14. The fourth-order valence-electron chi connectivity index (χ4n) is 3.63. The summed E-state index contributed by atoms with van der Waals surface area (Å²) in [6, 6.07) is 3.71. The largest absolute Gasteiger partial charge is 0.871 e. The molecule has 118 valence electrons. The molecule has 1 saturated heterocycles. The van der Waals surface area contributed by atoms with Crippen LogP contribution in [0, 0.1) is 0 Å². The average Bonchev–Trinajstić information content (AvgIpc) is 2.28. The zero-order chi connectivity index (χ0) is 15.8. The number of piperidine rings is 1. The number of nitrogens with one attached hydrogen (secondary N) is 1. The van der Waals surface area contributed by atoms with Gasteiger partial charge in [0.1, 0.15) is 6.54 Å². The van der Waals surface area contributed by atoms with Crippen molar-refractivity contribution in [2.75, 3.05) is 0 Å². The van der Waals surface area contributed by atoms with E-state index in [4.69, 9.17) is 23.2 Å². The maximum absolute atomic E-state index is 12.0. The van der Waals surface area contributed by atoms with Gasteiger partial charge in [-0.15, -0.1) is 0 Å². The van der Waals surface area contributed by atoms with Crippen molar-refractivity contribution in [1.29, 1.82) is 0 Å². The summed E-state index contributed by atoms with van der Waals surface area (Å²) in [5.41, 5.74) is 0.895. The Kier molecular flexibility index (Phi) is 4.79. The van der Waals surface area contributed by atoms with Crippen LogP contribution < -0.4 is 15.7 Å². The molecule has 1 aliphatic heterocycles. The lowest BCUT2D eigenvalue weighted by molar-refractivity contribution is -0.709. The van der Waals surface area contributed by atoms with Crippen LogP contribution in [0.2, 0.25) is 10.0 Å². The highest BCUT2D eigenvalue weighted by Crippen LogP contribution is 2.29. The Hall–Kier alpha value is -0.480. The van der Waals surface area contributed by atoms with Gasteiger partial charge in [-0.25, -0.2) is 0 Å². The van der Waals surface area contributed by atoms with Crippen LogP contribution in [0.25, 0.3) is 0 Å². The van der Waals surface area contributed by atoms with Crippen molar-refractivity contribution < 1.29 is 10.4 Å². The molecule has 0 atom stereocenters. The van der Waals surface area contributed by atoms with Crippen molar-refractivity contribution in [3.05, 3.63) is 27.7 Å². The summed E-state index contributed by atoms with van der Waals surface area (Å²) in [5.74, 6) is -0.107. The molecule has 0 unspecified atom stereocenters. The molecule has 1 heterocycles. The van der Waals surface area contributed by atoms with E-state index in [1.165, 1.54) is 6.07 Å². The highest BCUT2D eigenvalue weighted by molar-refractivity contribution is 6.35. The minimum Gasteiger partial charge on any atom is -0.871 e. The van der Waals surface area contributed by atoms with Crippen molar-refractivity contribution in [3.63, 3.8) is 0 Å². The molecule has 0 bridgehead atoms. The third kappa shape index (κ3) is 4.49. The topological polar surface area (TPSA) is 51.7 Å². The van der Waals surface area contributed by atoms with Crippen LogP contribution in [-0.4, -0.2) is 17.1 Å². The SMILES string of the molecule is CC1(C)CC([NH2+]Cc2cc(Cl)cc(Cl)c2[O-])CC(C)(C)N1. The smallest absolute Gasteiger partial charge is 0.101 e. The second-order valence-electron chi connectivity index (χ2n) is 7.38. The van der Waals surface area contributed by atoms with E-state index in [0.29, 0.717) is 23.2 Å². The van der Waals surface area contributed by atoms with Crippen molar-refractivity contribution in [2.45, 2.75) is 64.2 Å². The Bertz CT molecular complexity index is 513. The second kappa shape index (κ2) is 5.96. The number of hydrogen-bond acceptors (Lipinski definition) is 2. The molecule has 3 N–H and O–H groups in total. The molecule has 2 rings (SSSR count). The molecule has 1 aliphatic rings. The van der Waals surface area contributed by atoms with E-state index in [1.807, 2.05) is 0 Å². The van der Waals surface area contributed by atoms with Gasteiger partial charge in [0, 0.05) is 39.5 Å². The van der Waals surface area contributed by atoms with Gasteiger partial charge >= 0.3 is 0 Å². The Morgan fingerprint density at radius 3 is 2.33 bits per heavy atom. The van der Waals surface area contributed by atoms with Gasteiger partial charge < -0.3 is 15.7 Å². The summed E-state index contributed by atoms with van der Waals surface area (Å²) in [5, 5.41) is 18.7. The van der Waals surface area contributed by atoms with Gasteiger partial charge in [0.15, 0.2) is 0 Å². The van der Waals surface area contributed by atoms with Crippen molar-refractivity contribution in [1.82, 2.24) is 5.32 Å². The summed E-state index contributed by atoms with van der Waals surface area (Å²) in [6.45, 7) is 9.53. The average molecular weight is 331 g/mol. The predicted octanol–water partition coefficient (Wildman–Crippen LogP) is 2.44. The fraction of sp³-hybridized carbons (Fsp3) is 0.625. The molecule has 0 aromatic heterocycles. The lowest BCUT2D eigenvalue weighted by Gasteiger charge is -2.45. The zero-order valence-corrected chi connectivity index (χ0v) is 14.6. The maximum Gasteiger partial charge on any atom is 0.101 e. The lowest BCUT2D eigenvalue weighted by Crippen LogP contribution is -2.91. The zero-order valence-electron chi connectivity index (χ0n) is 13.1. The highest BCUT2D eigenvalue weighted by Gasteiger charge is 2.39. The molecule has 1 aromatic carbocycles. The third-order valence-corrected chi connectivity index (χ3v) is 4.48. The standard InChI is InChI=1S/C16H24Cl2N2O/c1-15(2)7-12(8-16(3,4)20-15)19-9-10-5-11(17)6-13(18)14(10)21/h5-6,12,19-21H,7-9H2,1-4H3. The van der Waals surface area contributed by atoms with Gasteiger partial charge in [0.05, 0.1) is 6.04 Å². The fourth-order valence-corrected chi connectivity index (χ4v) is 4.16. The third-order valence-electron chi connectivity index (χ3n) is 3.98. The predicted molar refractivity (Wildman–Crippen MR) is 85.9 cm³/mol. The van der Waals surface area contributed by atoms with E-state index in [2.05, 4.69) is 38.3 Å². The van der Waals surface area contributed by atoms with Crippen LogP contribution in [0.1, 0.15) is 46.1 Å². The molecule has 21 heavy (non-hydrogen) atoms. The molecule has 0 radical (unpaired) electrons. The van der Waals surface area contributed by atoms with E-state index in [1.54, 1.807) is 6.07 Å². The number of benzene rings is 1. The van der Waals surface area contributed by atoms with Crippen molar-refractivity contribution in [2.24, 2.45) is 0 Å². The van der Waals surface area contributed by atoms with E-state index in [0.717, 1.165) is 12.8 Å². The molecular weight excluding hydrogens is 307 g/mol. The Labute approximate surface area is 137 Å². The molecule has 1 aromatic rings. The highest BCUT2D eigenvalue weighted by atomic mass is 35.5. The molecule has 1 fully saturated rings. The van der Waals surface area contributed by atoms with Gasteiger partial charge in [-0.3, -0.25) is 0 Å². The molecular formula is C16H24Cl2N2O. The molecule has 0 spiro atoms. The monoisotopic (exact) mass is 330 g/mol. The number of quaternary nitrogens is 1. The van der Waals surface area contributed by atoms with E-state index < -0.39 is 0 Å². The van der Waals surface area contributed by atoms with Crippen LogP contribution >= 0.6 is 23.2 Å². The van der Waals surface area contributed by atoms with Gasteiger partial charge in [0.2, 0.25) is 0 Å². The first-order chi connectivity index (χ1) is 9.58. The minimum atomic E-state index is -0.107. The first-order valence-electron chi connectivity index (χ1n) is 7.36. The van der Waals surface area contributed by atoms with Crippen molar-refractivity contribution in [3.8, 4) is 5.75 Å². The summed E-state index contributed by atoms with van der Waals surface area (Å²) in [7, 11) is 0. The Morgan fingerprint density at radius 1 is 1.19 bits per heavy atom. The van der Waals surface area contributed by atoms with Crippen LogP contribution in [0.15, 0.2) is 12.1 Å². The molecule has 0 saturated carbocycles. The van der Waals surface area contributed by atoms with Crippen LogP contribution in [-0.2, 0) is 6.54 Å². The minimum absolute atomic E-state index is 0.106. The first kappa shape index (κ1) is 16.9. The van der Waals surface area contributed by atoms with Gasteiger partial charge in [-0.05, 0) is 39.8 Å². The molecule has 0 amide bonds. The number of nitrogens with two attached hydrogens (primary N) is 1. The molecule has 3 nitrogen and oxygen atoms in total. The quantitative estimate of drug-likeness (QED) is 0.894. The Morgan fingerprint density at radius 2 is 1.76 bits per heavy atom. The van der Waals surface area contributed by atoms with Gasteiger partial charge in [-0.2, -0.15) is 0 Å². The van der Waals surface area contributed by atoms with E-state index in [9.17, 15) is 5.11 Å². The first-order valence-corrected chi connectivity index (χ1v) is 8.11. The van der Waals surface area contributed by atoms with Crippen LogP contribution in [0.4, 0.5) is 0 Å². The van der Waals surface area contributed by atoms with Crippen molar-refractivity contribution >= 4 is 23.2 Å². The second-order valence-corrected chi connectivity index (χ2v) is 8.22. The molecule has 0 aliphatic carbocycles. The number of halogens is 2. The summed E-state index contributed by atoms with van der Waals surface area (Å²) >= 11 is 11.9.